The van der Waals surface area contributed by atoms with Crippen LogP contribution in [0.5, 0.6) is 0 Å². The van der Waals surface area contributed by atoms with E-state index in [1.165, 1.54) is 0 Å². The van der Waals surface area contributed by atoms with Crippen molar-refractivity contribution in [3.8, 4) is 23.1 Å². The minimum Gasteiger partial charge on any atom is -0.366 e. The Hall–Kier alpha value is -2.41. The van der Waals surface area contributed by atoms with Crippen LogP contribution in [0.15, 0.2) is 28.8 Å². The highest BCUT2D eigenvalue weighted by Gasteiger charge is 2.13. The topological polar surface area (TPSA) is 107 Å². The third kappa shape index (κ3) is 1.91. The molecule has 0 bridgehead atoms. The van der Waals surface area contributed by atoms with Gasteiger partial charge in [-0.3, -0.25) is 5.10 Å². The van der Waals surface area contributed by atoms with Crippen molar-refractivity contribution in [1.82, 2.24) is 25.3 Å². The van der Waals surface area contributed by atoms with Gasteiger partial charge in [-0.05, 0) is 12.1 Å². The highest BCUT2D eigenvalue weighted by atomic mass is 35.5. The van der Waals surface area contributed by atoms with Gasteiger partial charge in [0.25, 0.3) is 5.89 Å². The first kappa shape index (κ1) is 10.7. The summed E-state index contributed by atoms with van der Waals surface area (Å²) in [5.41, 5.74) is 6.15. The maximum absolute atomic E-state index is 5.89. The van der Waals surface area contributed by atoms with Gasteiger partial charge in [0.05, 0.1) is 0 Å². The largest absolute Gasteiger partial charge is 0.366 e. The first-order valence-corrected chi connectivity index (χ1v) is 5.38. The van der Waals surface area contributed by atoms with E-state index >= 15 is 0 Å². The summed E-state index contributed by atoms with van der Waals surface area (Å²) in [5, 5.41) is 10.7. The fourth-order valence-corrected chi connectivity index (χ4v) is 1.63. The maximum atomic E-state index is 5.89. The Morgan fingerprint density at radius 1 is 1.28 bits per heavy atom. The highest BCUT2D eigenvalue weighted by Crippen LogP contribution is 2.22. The van der Waals surface area contributed by atoms with Crippen LogP contribution in [0.25, 0.3) is 23.1 Å². The predicted molar refractivity (Wildman–Crippen MR) is 64.5 cm³/mol. The number of anilines is 1. The molecule has 0 atom stereocenters. The lowest BCUT2D eigenvalue weighted by atomic mass is 10.2. The van der Waals surface area contributed by atoms with E-state index in [2.05, 4.69) is 25.3 Å². The lowest BCUT2D eigenvalue weighted by Crippen LogP contribution is -1.85. The first-order valence-electron chi connectivity index (χ1n) is 5.00. The average molecular weight is 263 g/mol. The van der Waals surface area contributed by atoms with E-state index in [1.807, 2.05) is 6.07 Å². The number of rotatable bonds is 2. The maximum Gasteiger partial charge on any atom is 0.295 e. The molecular formula is C10H7ClN6O. The number of hydrogen-bond acceptors (Lipinski definition) is 6. The normalized spacial score (nSPS) is 10.7. The second-order valence-electron chi connectivity index (χ2n) is 3.48. The van der Waals surface area contributed by atoms with Crippen molar-refractivity contribution in [2.45, 2.75) is 0 Å². The zero-order chi connectivity index (χ0) is 12.5. The highest BCUT2D eigenvalue weighted by molar-refractivity contribution is 6.30. The van der Waals surface area contributed by atoms with Crippen molar-refractivity contribution in [2.75, 3.05) is 5.73 Å². The minimum absolute atomic E-state index is 0.118. The van der Waals surface area contributed by atoms with Crippen molar-refractivity contribution in [3.05, 3.63) is 29.3 Å². The van der Waals surface area contributed by atoms with Gasteiger partial charge < -0.3 is 10.3 Å². The van der Waals surface area contributed by atoms with Crippen LogP contribution in [0.1, 0.15) is 0 Å². The molecule has 2 aromatic heterocycles. The fraction of sp³-hybridized carbons (Fsp3) is 0. The molecule has 7 nitrogen and oxygen atoms in total. The van der Waals surface area contributed by atoms with Gasteiger partial charge in [0.2, 0.25) is 17.6 Å². The smallest absolute Gasteiger partial charge is 0.295 e. The van der Waals surface area contributed by atoms with Crippen LogP contribution in [-0.2, 0) is 0 Å². The van der Waals surface area contributed by atoms with Gasteiger partial charge in [0.15, 0.2) is 0 Å². The van der Waals surface area contributed by atoms with E-state index in [0.29, 0.717) is 16.7 Å². The molecule has 3 aromatic rings. The van der Waals surface area contributed by atoms with Crippen LogP contribution in [-0.4, -0.2) is 25.3 Å². The van der Waals surface area contributed by atoms with E-state index in [4.69, 9.17) is 21.9 Å². The summed E-state index contributed by atoms with van der Waals surface area (Å²) in [6, 6.07) is 7.14. The van der Waals surface area contributed by atoms with Crippen LogP contribution in [0.2, 0.25) is 5.02 Å². The molecule has 0 spiro atoms. The summed E-state index contributed by atoms with van der Waals surface area (Å²) < 4.78 is 5.06. The monoisotopic (exact) mass is 262 g/mol. The van der Waals surface area contributed by atoms with E-state index in [9.17, 15) is 0 Å². The number of nitrogen functional groups attached to an aromatic ring is 1. The third-order valence-electron chi connectivity index (χ3n) is 2.21. The molecule has 0 radical (unpaired) electrons. The van der Waals surface area contributed by atoms with Gasteiger partial charge in [-0.1, -0.05) is 28.9 Å². The molecule has 8 heteroatoms. The van der Waals surface area contributed by atoms with Crippen molar-refractivity contribution in [2.24, 2.45) is 0 Å². The lowest BCUT2D eigenvalue weighted by molar-refractivity contribution is 0.429. The molecule has 0 amide bonds. The van der Waals surface area contributed by atoms with Crippen LogP contribution >= 0.6 is 11.6 Å². The number of aromatic amines is 1. The number of benzene rings is 1. The molecule has 0 aliphatic rings. The van der Waals surface area contributed by atoms with Gasteiger partial charge in [-0.25, -0.2) is 0 Å². The Morgan fingerprint density at radius 3 is 2.89 bits per heavy atom. The summed E-state index contributed by atoms with van der Waals surface area (Å²) in [6.45, 7) is 0. The Labute approximate surface area is 106 Å². The zero-order valence-corrected chi connectivity index (χ0v) is 9.72. The Morgan fingerprint density at radius 2 is 2.17 bits per heavy atom. The number of hydrogen-bond donors (Lipinski definition) is 2. The van der Waals surface area contributed by atoms with Gasteiger partial charge in [-0.2, -0.15) is 9.97 Å². The standard InChI is InChI=1S/C10H7ClN6O/c11-6-3-1-2-5(4-6)7-13-9(18-17-7)8-14-10(12)16-15-8/h1-4H,(H3,12,14,15,16). The van der Waals surface area contributed by atoms with E-state index in [0.717, 1.165) is 5.56 Å². The number of halogens is 1. The first-order chi connectivity index (χ1) is 8.72. The van der Waals surface area contributed by atoms with Crippen LogP contribution in [0.3, 0.4) is 0 Å². The van der Waals surface area contributed by atoms with Crippen molar-refractivity contribution < 1.29 is 4.52 Å². The van der Waals surface area contributed by atoms with Gasteiger partial charge in [0.1, 0.15) is 0 Å². The number of nitrogens with zero attached hydrogens (tertiary/aromatic N) is 4. The molecule has 2 heterocycles. The molecule has 18 heavy (non-hydrogen) atoms. The molecule has 3 N–H and O–H groups in total. The van der Waals surface area contributed by atoms with Crippen LogP contribution < -0.4 is 5.73 Å². The van der Waals surface area contributed by atoms with Crippen molar-refractivity contribution >= 4 is 17.5 Å². The number of nitrogens with one attached hydrogen (secondary N) is 1. The molecular weight excluding hydrogens is 256 g/mol. The van der Waals surface area contributed by atoms with Crippen molar-refractivity contribution in [1.29, 1.82) is 0 Å². The molecule has 0 aliphatic carbocycles. The lowest BCUT2D eigenvalue weighted by Gasteiger charge is -1.93. The zero-order valence-electron chi connectivity index (χ0n) is 8.96. The SMILES string of the molecule is Nc1n[nH]c(-c2nc(-c3cccc(Cl)c3)no2)n1. The second kappa shape index (κ2) is 4.11. The molecule has 0 saturated heterocycles. The predicted octanol–water partition coefficient (Wildman–Crippen LogP) is 1.76. The quantitative estimate of drug-likeness (QED) is 0.729. The number of nitrogens with two attached hydrogens (primary N) is 1. The Bertz CT molecular complexity index is 691. The summed E-state index contributed by atoms with van der Waals surface area (Å²) in [6.07, 6.45) is 0. The van der Waals surface area contributed by atoms with E-state index in [-0.39, 0.29) is 11.8 Å². The minimum atomic E-state index is 0.118. The van der Waals surface area contributed by atoms with Crippen molar-refractivity contribution in [3.63, 3.8) is 0 Å². The van der Waals surface area contributed by atoms with E-state index < -0.39 is 0 Å². The number of H-pyrrole nitrogens is 1. The number of aromatic nitrogens is 5. The van der Waals surface area contributed by atoms with Crippen LogP contribution in [0.4, 0.5) is 5.95 Å². The molecule has 3 rings (SSSR count). The second-order valence-corrected chi connectivity index (χ2v) is 3.91. The Balaban J connectivity index is 1.99. The van der Waals surface area contributed by atoms with Crippen LogP contribution in [0, 0.1) is 0 Å². The summed E-state index contributed by atoms with van der Waals surface area (Å²) in [5.74, 6) is 1.08. The molecule has 0 aliphatic heterocycles. The van der Waals surface area contributed by atoms with Gasteiger partial charge in [0, 0.05) is 10.6 Å². The van der Waals surface area contributed by atoms with E-state index in [1.54, 1.807) is 18.2 Å². The molecule has 0 saturated carbocycles. The van der Waals surface area contributed by atoms with Gasteiger partial charge in [-0.15, -0.1) is 5.10 Å². The molecule has 90 valence electrons. The fourth-order valence-electron chi connectivity index (χ4n) is 1.43. The average Bonchev–Trinajstić information content (AvgIpc) is 2.97. The summed E-state index contributed by atoms with van der Waals surface area (Å²) in [4.78, 5) is 8.07. The Kier molecular flexibility index (Phi) is 2.45. The molecule has 0 fully saturated rings. The summed E-state index contributed by atoms with van der Waals surface area (Å²) in [7, 11) is 0. The van der Waals surface area contributed by atoms with Gasteiger partial charge >= 0.3 is 0 Å². The molecule has 1 aromatic carbocycles. The molecule has 0 unspecified atom stereocenters. The summed E-state index contributed by atoms with van der Waals surface area (Å²) >= 11 is 5.89. The third-order valence-corrected chi connectivity index (χ3v) is 2.45.